The maximum Gasteiger partial charge on any atom is 0.406 e. The highest BCUT2D eigenvalue weighted by Crippen LogP contribution is 2.48. The fraction of sp³-hybridized carbons (Fsp3) is 0.739. The number of aromatic nitrogens is 2. The van der Waals surface area contributed by atoms with Gasteiger partial charge in [-0.05, 0) is 27.7 Å². The lowest BCUT2D eigenvalue weighted by molar-refractivity contribution is -0.149. The van der Waals surface area contributed by atoms with Crippen LogP contribution in [0.2, 0.25) is 0 Å². The van der Waals surface area contributed by atoms with Crippen LogP contribution in [0, 0.1) is 12.3 Å². The van der Waals surface area contributed by atoms with Crippen molar-refractivity contribution in [2.45, 2.75) is 84.5 Å². The molecule has 1 aliphatic rings. The average molecular weight is 616 g/mol. The zero-order valence-corrected chi connectivity index (χ0v) is 25.4. The summed E-state index contributed by atoms with van der Waals surface area (Å²) in [5.41, 5.74) is -2.00. The zero-order valence-electron chi connectivity index (χ0n) is 22.9. The molecule has 12 nitrogen and oxygen atoms in total. The number of alkyl halides is 2. The number of carbonyl (C=O) groups excluding carboxylic acids is 2. The van der Waals surface area contributed by atoms with Gasteiger partial charge in [0.1, 0.15) is 6.04 Å². The summed E-state index contributed by atoms with van der Waals surface area (Å²) in [6.45, 7) is 10.8. The molecule has 1 aliphatic heterocycles. The molecule has 1 saturated heterocycles. The number of ether oxygens (including phenoxy) is 2. The first-order valence-corrected chi connectivity index (χ1v) is 15.2. The van der Waals surface area contributed by atoms with Gasteiger partial charge < -0.3 is 9.47 Å². The molecule has 5 atom stereocenters. The van der Waals surface area contributed by atoms with Gasteiger partial charge in [-0.3, -0.25) is 33.0 Å². The molecular formula is C23H36ClFN3O9PS. The number of aromatic amines is 1. The summed E-state index contributed by atoms with van der Waals surface area (Å²) in [4.78, 5) is 50.4. The van der Waals surface area contributed by atoms with Gasteiger partial charge in [-0.15, -0.1) is 0 Å². The first kappa shape index (κ1) is 33.7. The smallest absolute Gasteiger partial charge is 0.406 e. The van der Waals surface area contributed by atoms with Crippen LogP contribution in [0.15, 0.2) is 15.8 Å². The molecular weight excluding hydrogens is 580 g/mol. The average Bonchev–Trinajstić information content (AvgIpc) is 3.10. The standard InChI is InChI=1S/C23H36ClFN3O9PS/c1-13(2)36-18(30)15(4)27-38(33,34-8-9-39-20(31)22(5,6)7)35-12-16-10-23(24,25)19(37-16)28-11-14(3)17(29)26-21(28)32/h11,13,15-16,19H,8-10,12H2,1-7H3,(H,27,33)(H,26,29,32)/t15-,16-,19+,23-,38-/m0/s1. The lowest BCUT2D eigenvalue weighted by Crippen LogP contribution is -2.38. The molecule has 0 unspecified atom stereocenters. The Balaban J connectivity index is 2.13. The van der Waals surface area contributed by atoms with Gasteiger partial charge in [0.15, 0.2) is 11.3 Å². The number of hydrogen-bond donors (Lipinski definition) is 2. The van der Waals surface area contributed by atoms with Crippen LogP contribution in [0.1, 0.15) is 59.8 Å². The topological polar surface area (TPSA) is 155 Å². The minimum absolute atomic E-state index is 0.0942. The maximum absolute atomic E-state index is 15.2. The predicted molar refractivity (Wildman–Crippen MR) is 145 cm³/mol. The molecule has 2 N–H and O–H groups in total. The predicted octanol–water partition coefficient (Wildman–Crippen LogP) is 3.41. The largest absolute Gasteiger partial charge is 0.462 e. The second kappa shape index (κ2) is 13.4. The molecule has 39 heavy (non-hydrogen) atoms. The maximum atomic E-state index is 15.2. The molecule has 0 aliphatic carbocycles. The molecule has 1 aromatic rings. The third-order valence-electron chi connectivity index (χ3n) is 5.26. The summed E-state index contributed by atoms with van der Waals surface area (Å²) in [5, 5.41) is -0.158. The van der Waals surface area contributed by atoms with Crippen molar-refractivity contribution in [3.63, 3.8) is 0 Å². The van der Waals surface area contributed by atoms with Crippen LogP contribution in [0.5, 0.6) is 0 Å². The summed E-state index contributed by atoms with van der Waals surface area (Å²) in [6, 6.07) is -1.10. The highest BCUT2D eigenvalue weighted by molar-refractivity contribution is 8.13. The first-order valence-electron chi connectivity index (χ1n) is 12.2. The zero-order chi connectivity index (χ0) is 29.8. The minimum atomic E-state index is -4.22. The van der Waals surface area contributed by atoms with Crippen LogP contribution >= 0.6 is 31.1 Å². The van der Waals surface area contributed by atoms with E-state index in [-0.39, 0.29) is 23.0 Å². The number of thioether (sulfide) groups is 1. The van der Waals surface area contributed by atoms with Crippen LogP contribution < -0.4 is 16.3 Å². The fourth-order valence-corrected chi connectivity index (χ4v) is 6.02. The van der Waals surface area contributed by atoms with Crippen molar-refractivity contribution in [1.82, 2.24) is 14.6 Å². The van der Waals surface area contributed by atoms with E-state index >= 15 is 4.39 Å². The molecule has 0 spiro atoms. The Labute approximate surface area is 235 Å². The van der Waals surface area contributed by atoms with E-state index in [1.165, 1.54) is 13.8 Å². The molecule has 222 valence electrons. The number of hydrogen-bond acceptors (Lipinski definition) is 10. The summed E-state index contributed by atoms with van der Waals surface area (Å²) in [7, 11) is -4.22. The van der Waals surface area contributed by atoms with E-state index in [0.29, 0.717) is 0 Å². The Bertz CT molecular complexity index is 1200. The molecule has 0 amide bonds. The number of nitrogens with one attached hydrogen (secondary N) is 2. The van der Waals surface area contributed by atoms with E-state index in [0.717, 1.165) is 22.5 Å². The number of carbonyl (C=O) groups is 2. The van der Waals surface area contributed by atoms with Crippen LogP contribution in [0.25, 0.3) is 0 Å². The lowest BCUT2D eigenvalue weighted by Gasteiger charge is -2.24. The monoisotopic (exact) mass is 615 g/mol. The van der Waals surface area contributed by atoms with Crippen LogP contribution in [0.4, 0.5) is 4.39 Å². The Morgan fingerprint density at radius 3 is 2.56 bits per heavy atom. The SMILES string of the molecule is Cc1cn([C@@H]2O[C@H](CO[P@](=O)(N[C@@H](C)C(=O)OC(C)C)OCCSC(=O)C(C)(C)C)C[C@@]2(F)Cl)c(=O)[nH]c1=O. The lowest BCUT2D eigenvalue weighted by atomic mass is 10.00. The number of nitrogens with zero attached hydrogens (tertiary/aromatic N) is 1. The van der Waals surface area contributed by atoms with Crippen molar-refractivity contribution < 1.29 is 37.1 Å². The van der Waals surface area contributed by atoms with Gasteiger partial charge in [-0.2, -0.15) is 0 Å². The summed E-state index contributed by atoms with van der Waals surface area (Å²) in [6.07, 6.45) is -2.44. The van der Waals surface area contributed by atoms with Gasteiger partial charge in [0.25, 0.3) is 5.56 Å². The van der Waals surface area contributed by atoms with E-state index in [4.69, 9.17) is 30.1 Å². The molecule has 2 heterocycles. The normalized spacial score (nSPS) is 23.9. The van der Waals surface area contributed by atoms with E-state index in [2.05, 4.69) is 10.1 Å². The Morgan fingerprint density at radius 1 is 1.33 bits per heavy atom. The van der Waals surface area contributed by atoms with Crippen molar-refractivity contribution >= 4 is 42.2 Å². The Morgan fingerprint density at radius 2 is 1.97 bits per heavy atom. The second-order valence-corrected chi connectivity index (χ2v) is 13.9. The number of rotatable bonds is 12. The van der Waals surface area contributed by atoms with Gasteiger partial charge in [0, 0.05) is 29.3 Å². The quantitative estimate of drug-likeness (QED) is 0.154. The van der Waals surface area contributed by atoms with E-state index < -0.39 is 73.0 Å². The van der Waals surface area contributed by atoms with Crippen molar-refractivity contribution in [3.05, 3.63) is 32.6 Å². The van der Waals surface area contributed by atoms with Gasteiger partial charge in [-0.1, -0.05) is 44.1 Å². The second-order valence-electron chi connectivity index (χ2n) is 10.4. The minimum Gasteiger partial charge on any atom is -0.462 e. The van der Waals surface area contributed by atoms with Gasteiger partial charge in [0.05, 0.1) is 25.4 Å². The summed E-state index contributed by atoms with van der Waals surface area (Å²) in [5.74, 6) is -0.551. The van der Waals surface area contributed by atoms with Gasteiger partial charge >= 0.3 is 19.4 Å². The molecule has 1 fully saturated rings. The molecule has 0 bridgehead atoms. The molecule has 1 aromatic heterocycles. The molecule has 0 aromatic carbocycles. The Kier molecular flexibility index (Phi) is 11.6. The number of H-pyrrole nitrogens is 1. The van der Waals surface area contributed by atoms with Crippen molar-refractivity contribution in [2.75, 3.05) is 19.0 Å². The van der Waals surface area contributed by atoms with Crippen molar-refractivity contribution in [2.24, 2.45) is 5.41 Å². The third kappa shape index (κ3) is 9.80. The summed E-state index contributed by atoms with van der Waals surface area (Å²) < 4.78 is 51.2. The fourth-order valence-electron chi connectivity index (χ4n) is 3.29. The summed E-state index contributed by atoms with van der Waals surface area (Å²) >= 11 is 7.00. The van der Waals surface area contributed by atoms with Crippen LogP contribution in [0.3, 0.4) is 0 Å². The van der Waals surface area contributed by atoms with Crippen molar-refractivity contribution in [1.29, 1.82) is 0 Å². The van der Waals surface area contributed by atoms with E-state index in [9.17, 15) is 23.7 Å². The van der Waals surface area contributed by atoms with Crippen LogP contribution in [-0.2, 0) is 32.7 Å². The van der Waals surface area contributed by atoms with E-state index in [1.54, 1.807) is 34.6 Å². The van der Waals surface area contributed by atoms with E-state index in [1.807, 2.05) is 0 Å². The Hall–Kier alpha value is -1.54. The van der Waals surface area contributed by atoms with Gasteiger partial charge in [-0.25, -0.2) is 18.8 Å². The number of aryl methyl sites for hydroxylation is 1. The number of esters is 1. The molecule has 0 saturated carbocycles. The van der Waals surface area contributed by atoms with Crippen LogP contribution in [-0.4, -0.2) is 63.0 Å². The molecule has 2 rings (SSSR count). The molecule has 16 heteroatoms. The molecule has 0 radical (unpaired) electrons. The highest BCUT2D eigenvalue weighted by atomic mass is 35.5. The number of halogens is 2. The third-order valence-corrected chi connectivity index (χ3v) is 8.56. The first-order chi connectivity index (χ1) is 17.8. The van der Waals surface area contributed by atoms with Gasteiger partial charge in [0.2, 0.25) is 5.13 Å². The highest BCUT2D eigenvalue weighted by Gasteiger charge is 2.50. The van der Waals surface area contributed by atoms with Crippen molar-refractivity contribution in [3.8, 4) is 0 Å².